The van der Waals surface area contributed by atoms with E-state index in [1.807, 2.05) is 13.8 Å². The van der Waals surface area contributed by atoms with Crippen molar-refractivity contribution in [3.8, 4) is 0 Å². The molecule has 0 aromatic heterocycles. The molecule has 0 spiro atoms. The van der Waals surface area contributed by atoms with Crippen LogP contribution in [0.4, 0.5) is 0 Å². The van der Waals surface area contributed by atoms with Crippen LogP contribution in [-0.2, 0) is 28.7 Å². The first-order valence-corrected chi connectivity index (χ1v) is 11.7. The van der Waals surface area contributed by atoms with Crippen molar-refractivity contribution in [3.63, 3.8) is 0 Å². The summed E-state index contributed by atoms with van der Waals surface area (Å²) >= 11 is 0. The molecule has 4 atom stereocenters. The van der Waals surface area contributed by atoms with Gasteiger partial charge in [0.1, 0.15) is 11.2 Å². The van der Waals surface area contributed by atoms with Crippen LogP contribution >= 0.6 is 0 Å². The molecule has 2 saturated heterocycles. The second-order valence-electron chi connectivity index (χ2n) is 11.5. The van der Waals surface area contributed by atoms with Crippen LogP contribution in [-0.4, -0.2) is 71.5 Å². The standard InChI is InChI=1S/2C12H21NO4/c2*1-8-6-13-7-12(8,10(15)16)5-9(14)17-11(2,3)4/h2*8,13H,5-7H2,1-4H3,(H,15,16)/t2*8-,12+/m10/s1. The zero-order chi connectivity index (χ0) is 26.5. The van der Waals surface area contributed by atoms with E-state index in [9.17, 15) is 29.4 Å². The van der Waals surface area contributed by atoms with Crippen LogP contribution in [0.1, 0.15) is 68.2 Å². The number of carboxylic acids is 2. The Morgan fingerprint density at radius 3 is 1.21 bits per heavy atom. The first-order chi connectivity index (χ1) is 15.3. The quantitative estimate of drug-likeness (QED) is 0.411. The van der Waals surface area contributed by atoms with Gasteiger partial charge in [0.25, 0.3) is 0 Å². The van der Waals surface area contributed by atoms with Gasteiger partial charge in [-0.15, -0.1) is 0 Å². The molecule has 0 aromatic rings. The van der Waals surface area contributed by atoms with Gasteiger partial charge in [0, 0.05) is 13.1 Å². The zero-order valence-corrected chi connectivity index (χ0v) is 21.7. The number of carbonyl (C=O) groups excluding carboxylic acids is 2. The average Bonchev–Trinajstić information content (AvgIpc) is 3.17. The molecule has 0 aromatic carbocycles. The van der Waals surface area contributed by atoms with E-state index >= 15 is 0 Å². The van der Waals surface area contributed by atoms with E-state index in [0.717, 1.165) is 0 Å². The molecule has 2 aliphatic rings. The summed E-state index contributed by atoms with van der Waals surface area (Å²) in [5.74, 6) is -2.91. The van der Waals surface area contributed by atoms with Crippen LogP contribution in [0.15, 0.2) is 0 Å². The maximum absolute atomic E-state index is 11.8. The molecule has 2 aliphatic heterocycles. The molecule has 34 heavy (non-hydrogen) atoms. The largest absolute Gasteiger partial charge is 0.481 e. The maximum atomic E-state index is 11.8. The van der Waals surface area contributed by atoms with E-state index in [1.165, 1.54) is 0 Å². The molecule has 0 amide bonds. The lowest BCUT2D eigenvalue weighted by Crippen LogP contribution is -2.41. The predicted octanol–water partition coefficient (Wildman–Crippen LogP) is 2.06. The highest BCUT2D eigenvalue weighted by Crippen LogP contribution is 2.37. The molecule has 0 unspecified atom stereocenters. The Morgan fingerprint density at radius 1 is 0.735 bits per heavy atom. The minimum atomic E-state index is -1.03. The number of hydrogen-bond acceptors (Lipinski definition) is 8. The van der Waals surface area contributed by atoms with Gasteiger partial charge in [0.15, 0.2) is 0 Å². The Hall–Kier alpha value is -2.20. The lowest BCUT2D eigenvalue weighted by molar-refractivity contribution is -0.165. The highest BCUT2D eigenvalue weighted by atomic mass is 16.6. The van der Waals surface area contributed by atoms with Crippen molar-refractivity contribution in [2.75, 3.05) is 26.2 Å². The Kier molecular flexibility index (Phi) is 9.68. The van der Waals surface area contributed by atoms with Crippen LogP contribution in [0.3, 0.4) is 0 Å². The summed E-state index contributed by atoms with van der Waals surface area (Å²) in [6.07, 6.45) is -0.151. The Balaban J connectivity index is 0.000000340. The molecule has 2 heterocycles. The van der Waals surface area contributed by atoms with Crippen molar-refractivity contribution in [1.29, 1.82) is 0 Å². The second-order valence-corrected chi connectivity index (χ2v) is 11.5. The van der Waals surface area contributed by atoms with Crippen LogP contribution in [0.5, 0.6) is 0 Å². The van der Waals surface area contributed by atoms with Gasteiger partial charge in [0.2, 0.25) is 0 Å². The van der Waals surface area contributed by atoms with Crippen LogP contribution in [0.25, 0.3) is 0 Å². The van der Waals surface area contributed by atoms with Crippen molar-refractivity contribution in [3.05, 3.63) is 0 Å². The average molecular weight is 487 g/mol. The zero-order valence-electron chi connectivity index (χ0n) is 21.7. The van der Waals surface area contributed by atoms with Crippen LogP contribution < -0.4 is 10.6 Å². The topological polar surface area (TPSA) is 151 Å². The molecule has 0 bridgehead atoms. The minimum Gasteiger partial charge on any atom is -0.481 e. The summed E-state index contributed by atoms with van der Waals surface area (Å²) in [5.41, 5.74) is -3.21. The second kappa shape index (κ2) is 11.0. The number of esters is 2. The molecule has 0 radical (unpaired) electrons. The summed E-state index contributed by atoms with van der Waals surface area (Å²) in [6, 6.07) is 0. The minimum absolute atomic E-state index is 0.0756. The molecule has 2 rings (SSSR count). The Bertz CT molecular complexity index is 706. The monoisotopic (exact) mass is 486 g/mol. The predicted molar refractivity (Wildman–Crippen MR) is 125 cm³/mol. The third-order valence-electron chi connectivity index (χ3n) is 6.28. The lowest BCUT2D eigenvalue weighted by atomic mass is 9.76. The number of rotatable bonds is 6. The molecule has 0 aliphatic carbocycles. The van der Waals surface area contributed by atoms with E-state index in [2.05, 4.69) is 10.6 Å². The highest BCUT2D eigenvalue weighted by molar-refractivity contribution is 5.84. The van der Waals surface area contributed by atoms with Gasteiger partial charge in [-0.3, -0.25) is 19.2 Å². The maximum Gasteiger partial charge on any atom is 0.311 e. The van der Waals surface area contributed by atoms with Crippen LogP contribution in [0.2, 0.25) is 0 Å². The molecule has 4 N–H and O–H groups in total. The summed E-state index contributed by atoms with van der Waals surface area (Å²) in [6.45, 7) is 16.2. The van der Waals surface area contributed by atoms with E-state index in [1.54, 1.807) is 41.5 Å². The number of carboxylic acid groups (broad SMARTS) is 2. The number of carbonyl (C=O) groups is 4. The molecule has 10 nitrogen and oxygen atoms in total. The van der Waals surface area contributed by atoms with Gasteiger partial charge in [-0.2, -0.15) is 0 Å². The summed E-state index contributed by atoms with van der Waals surface area (Å²) in [5, 5.41) is 24.7. The first kappa shape index (κ1) is 29.8. The van der Waals surface area contributed by atoms with Crippen molar-refractivity contribution < 1.29 is 38.9 Å². The normalized spacial score (nSPS) is 29.1. The van der Waals surface area contributed by atoms with Crippen LogP contribution in [0, 0.1) is 22.7 Å². The van der Waals surface area contributed by atoms with Crippen molar-refractivity contribution in [2.45, 2.75) is 79.4 Å². The van der Waals surface area contributed by atoms with Gasteiger partial charge in [-0.25, -0.2) is 0 Å². The molecular weight excluding hydrogens is 444 g/mol. The Labute approximate surface area is 202 Å². The number of nitrogens with one attached hydrogen (secondary N) is 2. The molecule has 196 valence electrons. The smallest absolute Gasteiger partial charge is 0.311 e. The number of hydrogen-bond donors (Lipinski definition) is 4. The van der Waals surface area contributed by atoms with Gasteiger partial charge < -0.3 is 30.3 Å². The Morgan fingerprint density at radius 2 is 1.03 bits per heavy atom. The third-order valence-corrected chi connectivity index (χ3v) is 6.28. The van der Waals surface area contributed by atoms with Crippen molar-refractivity contribution >= 4 is 23.9 Å². The van der Waals surface area contributed by atoms with Crippen molar-refractivity contribution in [2.24, 2.45) is 22.7 Å². The fourth-order valence-electron chi connectivity index (χ4n) is 4.23. The molecule has 10 heteroatoms. The fourth-order valence-corrected chi connectivity index (χ4v) is 4.23. The van der Waals surface area contributed by atoms with Gasteiger partial charge in [-0.05, 0) is 66.5 Å². The van der Waals surface area contributed by atoms with E-state index in [-0.39, 0.29) is 24.7 Å². The molecule has 2 fully saturated rings. The number of aliphatic carboxylic acids is 2. The van der Waals surface area contributed by atoms with E-state index in [4.69, 9.17) is 9.47 Å². The van der Waals surface area contributed by atoms with Gasteiger partial charge in [-0.1, -0.05) is 13.8 Å². The summed E-state index contributed by atoms with van der Waals surface area (Å²) in [4.78, 5) is 46.3. The van der Waals surface area contributed by atoms with E-state index in [0.29, 0.717) is 26.2 Å². The van der Waals surface area contributed by atoms with E-state index < -0.39 is 45.9 Å². The molecule has 0 saturated carbocycles. The first-order valence-electron chi connectivity index (χ1n) is 11.7. The third kappa shape index (κ3) is 7.94. The lowest BCUT2D eigenvalue weighted by Gasteiger charge is -2.29. The van der Waals surface area contributed by atoms with Crippen molar-refractivity contribution in [1.82, 2.24) is 10.6 Å². The molecular formula is C24H42N2O8. The van der Waals surface area contributed by atoms with Gasteiger partial charge in [0.05, 0.1) is 23.7 Å². The highest BCUT2D eigenvalue weighted by Gasteiger charge is 2.50. The number of ether oxygens (including phenoxy) is 2. The summed E-state index contributed by atoms with van der Waals surface area (Å²) < 4.78 is 10.4. The summed E-state index contributed by atoms with van der Waals surface area (Å²) in [7, 11) is 0. The fraction of sp³-hybridized carbons (Fsp3) is 0.833. The SMILES string of the molecule is C[C@@H]1CNC[C@]1(CC(=O)OC(C)(C)C)C(=O)O.C[C@H]1CNC[C@@]1(CC(=O)OC(C)(C)C)C(=O)O. The van der Waals surface area contributed by atoms with Gasteiger partial charge >= 0.3 is 23.9 Å².